The van der Waals surface area contributed by atoms with Gasteiger partial charge in [0.25, 0.3) is 5.69 Å². The monoisotopic (exact) mass is 361 g/mol. The molecule has 1 aliphatic heterocycles. The molecule has 0 aliphatic carbocycles. The summed E-state index contributed by atoms with van der Waals surface area (Å²) in [6.45, 7) is 1.36. The highest BCUT2D eigenvalue weighted by molar-refractivity contribution is 5.54. The van der Waals surface area contributed by atoms with E-state index in [1.807, 2.05) is 23.5 Å². The number of fused-ring (bicyclic) bond motifs is 1. The first-order valence-corrected chi connectivity index (χ1v) is 8.22. The van der Waals surface area contributed by atoms with E-state index in [2.05, 4.69) is 0 Å². The van der Waals surface area contributed by atoms with Crippen LogP contribution in [0.15, 0.2) is 30.3 Å². The normalized spacial score (nSPS) is 12.1. The molecule has 26 heavy (non-hydrogen) atoms. The molecule has 0 saturated heterocycles. The van der Waals surface area contributed by atoms with Crippen LogP contribution in [0.5, 0.6) is 23.0 Å². The molecule has 1 heterocycles. The second-order valence-electron chi connectivity index (χ2n) is 5.81. The highest BCUT2D eigenvalue weighted by Gasteiger charge is 2.23. The van der Waals surface area contributed by atoms with Crippen molar-refractivity contribution in [2.75, 3.05) is 27.6 Å². The van der Waals surface area contributed by atoms with Crippen molar-refractivity contribution < 1.29 is 29.2 Å². The van der Waals surface area contributed by atoms with Crippen LogP contribution in [0.3, 0.4) is 0 Å². The maximum Gasteiger partial charge on any atom is 0.282 e. The van der Waals surface area contributed by atoms with Crippen molar-refractivity contribution in [1.82, 2.24) is 0 Å². The summed E-state index contributed by atoms with van der Waals surface area (Å²) in [5.41, 5.74) is 1.78. The van der Waals surface area contributed by atoms with Gasteiger partial charge in [-0.05, 0) is 23.8 Å². The topological polar surface area (TPSA) is 96.7 Å². The lowest BCUT2D eigenvalue weighted by molar-refractivity contribution is -0.670. The largest absolute Gasteiger partial charge is 0.493 e. The molecule has 0 spiro atoms. The Morgan fingerprint density at radius 3 is 2.54 bits per heavy atom. The number of nitrogens with zero attached hydrogens (tertiary/aromatic N) is 1. The van der Waals surface area contributed by atoms with Crippen molar-refractivity contribution >= 4 is 5.69 Å². The van der Waals surface area contributed by atoms with Crippen molar-refractivity contribution in [3.63, 3.8) is 0 Å². The third-order valence-corrected chi connectivity index (χ3v) is 4.22. The minimum absolute atomic E-state index is 0.0524. The second kappa shape index (κ2) is 7.92. The Bertz CT molecular complexity index is 809. The van der Waals surface area contributed by atoms with Crippen molar-refractivity contribution in [1.29, 1.82) is 0 Å². The zero-order valence-electron chi connectivity index (χ0n) is 14.7. The number of hydrogen-bond donors (Lipinski definition) is 1. The minimum atomic E-state index is -0.389. The summed E-state index contributed by atoms with van der Waals surface area (Å²) >= 11 is 0. The number of rotatable bonds is 8. The van der Waals surface area contributed by atoms with Gasteiger partial charge in [-0.1, -0.05) is 6.07 Å². The van der Waals surface area contributed by atoms with Crippen LogP contribution in [0.25, 0.3) is 0 Å². The van der Waals surface area contributed by atoms with Gasteiger partial charge < -0.3 is 24.3 Å². The summed E-state index contributed by atoms with van der Waals surface area (Å²) in [6.07, 6.45) is 0.804. The fourth-order valence-corrected chi connectivity index (χ4v) is 2.87. The highest BCUT2D eigenvalue weighted by atomic mass is 16.7. The molecule has 2 N–H and O–H groups in total. The molecule has 0 radical (unpaired) electrons. The zero-order valence-corrected chi connectivity index (χ0v) is 14.7. The van der Waals surface area contributed by atoms with Gasteiger partial charge in [-0.15, -0.1) is 0 Å². The molecular formula is C18H21N2O6+. The molecule has 0 fully saturated rings. The smallest absolute Gasteiger partial charge is 0.282 e. The molecule has 2 aromatic carbocycles. The van der Waals surface area contributed by atoms with Gasteiger partial charge in [0.05, 0.1) is 37.3 Å². The number of nitro benzene ring substituents is 1. The van der Waals surface area contributed by atoms with Gasteiger partial charge in [0.1, 0.15) is 6.54 Å². The summed E-state index contributed by atoms with van der Waals surface area (Å²) < 4.78 is 21.1. The number of benzene rings is 2. The predicted octanol–water partition coefficient (Wildman–Crippen LogP) is 1.65. The Hall–Kier alpha value is -3.00. The molecular weight excluding hydrogens is 340 g/mol. The summed E-state index contributed by atoms with van der Waals surface area (Å²) in [4.78, 5) is 10.9. The van der Waals surface area contributed by atoms with E-state index in [0.717, 1.165) is 18.5 Å². The Morgan fingerprint density at radius 1 is 1.12 bits per heavy atom. The van der Waals surface area contributed by atoms with E-state index in [1.165, 1.54) is 6.07 Å². The lowest BCUT2D eigenvalue weighted by Gasteiger charge is -2.09. The van der Waals surface area contributed by atoms with E-state index in [4.69, 9.17) is 18.9 Å². The average Bonchev–Trinajstić information content (AvgIpc) is 3.11. The molecule has 138 valence electrons. The Morgan fingerprint density at radius 2 is 1.85 bits per heavy atom. The highest BCUT2D eigenvalue weighted by Crippen LogP contribution is 2.37. The molecule has 0 aromatic heterocycles. The van der Waals surface area contributed by atoms with Gasteiger partial charge in [-0.3, -0.25) is 10.1 Å². The van der Waals surface area contributed by atoms with Gasteiger partial charge in [0.2, 0.25) is 6.79 Å². The first-order chi connectivity index (χ1) is 12.6. The summed E-state index contributed by atoms with van der Waals surface area (Å²) in [5.74, 6) is 2.36. The first-order valence-electron chi connectivity index (χ1n) is 8.22. The van der Waals surface area contributed by atoms with Crippen molar-refractivity contribution in [2.24, 2.45) is 0 Å². The maximum absolute atomic E-state index is 11.3. The van der Waals surface area contributed by atoms with Crippen LogP contribution in [0.2, 0.25) is 0 Å². The summed E-state index contributed by atoms with van der Waals surface area (Å²) in [7, 11) is 3.20. The van der Waals surface area contributed by atoms with Crippen LogP contribution in [0, 0.1) is 10.1 Å². The molecule has 0 atom stereocenters. The van der Waals surface area contributed by atoms with E-state index in [9.17, 15) is 10.1 Å². The standard InChI is InChI=1S/C18H20N2O6/c1-23-15-4-3-12(7-16(15)24-2)5-6-19-10-13-8-17-18(26-11-25-17)9-14(13)20(21)22/h3-4,7-9,19H,5-6,10-11H2,1-2H3/p+1. The zero-order chi connectivity index (χ0) is 18.5. The third kappa shape index (κ3) is 3.80. The fraction of sp³-hybridized carbons (Fsp3) is 0.333. The van der Waals surface area contributed by atoms with Gasteiger partial charge in [0, 0.05) is 6.42 Å². The fourth-order valence-electron chi connectivity index (χ4n) is 2.87. The van der Waals surface area contributed by atoms with Crippen LogP contribution in [-0.4, -0.2) is 32.5 Å². The number of hydrogen-bond acceptors (Lipinski definition) is 6. The van der Waals surface area contributed by atoms with Gasteiger partial charge >= 0.3 is 0 Å². The van der Waals surface area contributed by atoms with E-state index >= 15 is 0 Å². The summed E-state index contributed by atoms with van der Waals surface area (Å²) in [6, 6.07) is 8.91. The maximum atomic E-state index is 11.3. The van der Waals surface area contributed by atoms with Crippen LogP contribution < -0.4 is 24.3 Å². The predicted molar refractivity (Wildman–Crippen MR) is 93.0 cm³/mol. The van der Waals surface area contributed by atoms with Crippen LogP contribution in [-0.2, 0) is 13.0 Å². The van der Waals surface area contributed by atoms with Gasteiger partial charge in [-0.2, -0.15) is 0 Å². The van der Waals surface area contributed by atoms with E-state index in [-0.39, 0.29) is 17.4 Å². The number of methoxy groups -OCH3 is 2. The average molecular weight is 361 g/mol. The van der Waals surface area contributed by atoms with Crippen LogP contribution in [0.4, 0.5) is 5.69 Å². The molecule has 2 aromatic rings. The molecule has 1 aliphatic rings. The number of ether oxygens (including phenoxy) is 4. The Kier molecular flexibility index (Phi) is 5.43. The Labute approximate surface area is 150 Å². The quantitative estimate of drug-likeness (QED) is 0.436. The summed E-state index contributed by atoms with van der Waals surface area (Å²) in [5, 5.41) is 13.3. The Balaban J connectivity index is 1.61. The third-order valence-electron chi connectivity index (χ3n) is 4.22. The minimum Gasteiger partial charge on any atom is -0.493 e. The van der Waals surface area contributed by atoms with E-state index in [0.29, 0.717) is 35.1 Å². The number of quaternary nitrogens is 1. The van der Waals surface area contributed by atoms with Gasteiger partial charge in [0.15, 0.2) is 23.0 Å². The molecule has 8 heteroatoms. The first kappa shape index (κ1) is 17.8. The van der Waals surface area contributed by atoms with E-state index < -0.39 is 0 Å². The lowest BCUT2D eigenvalue weighted by atomic mass is 10.1. The molecule has 0 bridgehead atoms. The molecule has 0 amide bonds. The van der Waals surface area contributed by atoms with Crippen LogP contribution >= 0.6 is 0 Å². The molecule has 0 saturated carbocycles. The van der Waals surface area contributed by atoms with Crippen LogP contribution in [0.1, 0.15) is 11.1 Å². The molecule has 0 unspecified atom stereocenters. The lowest BCUT2D eigenvalue weighted by Crippen LogP contribution is -2.83. The number of nitrogens with two attached hydrogens (primary N) is 1. The molecule has 3 rings (SSSR count). The van der Waals surface area contributed by atoms with Crippen molar-refractivity contribution in [3.05, 3.63) is 51.6 Å². The van der Waals surface area contributed by atoms with Gasteiger partial charge in [-0.25, -0.2) is 0 Å². The second-order valence-corrected chi connectivity index (χ2v) is 5.81. The van der Waals surface area contributed by atoms with E-state index in [1.54, 1.807) is 20.3 Å². The molecule has 8 nitrogen and oxygen atoms in total. The van der Waals surface area contributed by atoms with Crippen molar-refractivity contribution in [2.45, 2.75) is 13.0 Å². The van der Waals surface area contributed by atoms with Crippen molar-refractivity contribution in [3.8, 4) is 23.0 Å². The number of nitro groups is 1. The SMILES string of the molecule is COc1ccc(CC[NH2+]Cc2cc3c(cc2[N+](=O)[O-])OCO3)cc1OC.